The number of benzene rings is 9. The van der Waals surface area contributed by atoms with Gasteiger partial charge in [-0.1, -0.05) is 159 Å². The van der Waals surface area contributed by atoms with Crippen LogP contribution in [-0.4, -0.2) is 4.57 Å². The first-order valence-corrected chi connectivity index (χ1v) is 19.9. The first-order chi connectivity index (χ1) is 28.0. The second-order valence-corrected chi connectivity index (χ2v) is 15.8. The second-order valence-electron chi connectivity index (χ2n) is 15.8. The van der Waals surface area contributed by atoms with Crippen LogP contribution in [0.5, 0.6) is 0 Å². The van der Waals surface area contributed by atoms with Gasteiger partial charge >= 0.3 is 0 Å². The molecule has 270 valence electrons. The summed E-state index contributed by atoms with van der Waals surface area (Å²) in [7, 11) is 0. The molecule has 1 aromatic heterocycles. The second kappa shape index (κ2) is 13.0. The summed E-state index contributed by atoms with van der Waals surface area (Å²) in [5, 5.41) is 5.00. The summed E-state index contributed by atoms with van der Waals surface area (Å²) in [5.74, 6) is 0. The Bertz CT molecular complexity index is 3070. The molecule has 0 N–H and O–H groups in total. The third kappa shape index (κ3) is 5.25. The van der Waals surface area contributed by atoms with Gasteiger partial charge in [0.05, 0.1) is 16.7 Å². The molecule has 0 saturated carbocycles. The third-order valence-corrected chi connectivity index (χ3v) is 12.1. The molecule has 0 aliphatic heterocycles. The maximum atomic E-state index is 2.50. The monoisotopic (exact) mass is 728 g/mol. The maximum Gasteiger partial charge on any atom is 0.0568 e. The number of nitrogens with zero attached hydrogens (tertiary/aromatic N) is 2. The van der Waals surface area contributed by atoms with Crippen molar-refractivity contribution in [3.63, 3.8) is 0 Å². The van der Waals surface area contributed by atoms with Crippen molar-refractivity contribution in [1.82, 2.24) is 4.57 Å². The van der Waals surface area contributed by atoms with Gasteiger partial charge in [0.2, 0.25) is 0 Å². The molecule has 1 aliphatic rings. The molecule has 11 rings (SSSR count). The zero-order chi connectivity index (χ0) is 38.1. The first kappa shape index (κ1) is 33.2. The van der Waals surface area contributed by atoms with Gasteiger partial charge in [-0.25, -0.2) is 0 Å². The van der Waals surface area contributed by atoms with E-state index in [1.165, 1.54) is 77.1 Å². The highest BCUT2D eigenvalue weighted by Crippen LogP contribution is 2.53. The van der Waals surface area contributed by atoms with E-state index in [2.05, 4.69) is 230 Å². The summed E-state index contributed by atoms with van der Waals surface area (Å²) in [5.41, 5.74) is 16.9. The molecule has 9 aromatic carbocycles. The highest BCUT2D eigenvalue weighted by molar-refractivity contribution is 6.25. The number of rotatable bonds is 6. The number of anilines is 3. The molecular formula is C55H40N2. The molecule has 0 atom stereocenters. The highest BCUT2D eigenvalue weighted by atomic mass is 15.1. The van der Waals surface area contributed by atoms with E-state index < -0.39 is 0 Å². The molecule has 0 radical (unpaired) electrons. The van der Waals surface area contributed by atoms with E-state index in [-0.39, 0.29) is 5.41 Å². The number of hydrogen-bond donors (Lipinski definition) is 0. The zero-order valence-electron chi connectivity index (χ0n) is 32.0. The molecule has 10 aromatic rings. The lowest BCUT2D eigenvalue weighted by Gasteiger charge is -2.28. The van der Waals surface area contributed by atoms with Gasteiger partial charge < -0.3 is 9.47 Å². The SMILES string of the molecule is CC1(C)c2ccccc2-c2cc3c(cc21)c1c2ccccc2c(N(c2ccccc2)c2cc(-c4ccccc4)cc(-c4ccccc4)c2)cc1n3-c1ccccc1. The summed E-state index contributed by atoms with van der Waals surface area (Å²) >= 11 is 0. The van der Waals surface area contributed by atoms with Gasteiger partial charge in [-0.05, 0) is 111 Å². The molecule has 0 spiro atoms. The molecule has 57 heavy (non-hydrogen) atoms. The van der Waals surface area contributed by atoms with Crippen molar-refractivity contribution in [2.45, 2.75) is 19.3 Å². The van der Waals surface area contributed by atoms with Gasteiger partial charge in [0, 0.05) is 38.6 Å². The van der Waals surface area contributed by atoms with Crippen LogP contribution in [0.15, 0.2) is 206 Å². The standard InChI is InChI=1S/C55H40N2/c1-55(2)49-30-18-17-27-44(49)47-35-51-48(34-50(47)55)54-46-29-16-15-28-45(46)52(36-53(54)57(51)42-25-13-6-14-26-42)56(41-23-11-5-12-24-41)43-32-39(37-19-7-3-8-20-37)31-40(33-43)38-21-9-4-10-22-38/h3-36H,1-2H3. The smallest absolute Gasteiger partial charge is 0.0568 e. The molecule has 2 nitrogen and oxygen atoms in total. The fraction of sp³-hybridized carbons (Fsp3) is 0.0545. The first-order valence-electron chi connectivity index (χ1n) is 19.9. The van der Waals surface area contributed by atoms with Crippen LogP contribution in [0.25, 0.3) is 71.6 Å². The molecule has 1 aliphatic carbocycles. The summed E-state index contributed by atoms with van der Waals surface area (Å²) in [6, 6.07) is 75.6. The van der Waals surface area contributed by atoms with E-state index in [1.807, 2.05) is 0 Å². The summed E-state index contributed by atoms with van der Waals surface area (Å²) in [6.45, 7) is 4.75. The van der Waals surface area contributed by atoms with Crippen molar-refractivity contribution in [2.24, 2.45) is 0 Å². The average Bonchev–Trinajstić information content (AvgIpc) is 3.71. The lowest BCUT2D eigenvalue weighted by Crippen LogP contribution is -2.14. The van der Waals surface area contributed by atoms with Gasteiger partial charge in [0.15, 0.2) is 0 Å². The Hall–Kier alpha value is -7.16. The van der Waals surface area contributed by atoms with Gasteiger partial charge in [-0.3, -0.25) is 0 Å². The molecule has 0 saturated heterocycles. The van der Waals surface area contributed by atoms with Crippen LogP contribution in [0.4, 0.5) is 17.1 Å². The molecule has 0 bridgehead atoms. The van der Waals surface area contributed by atoms with Gasteiger partial charge in [-0.2, -0.15) is 0 Å². The zero-order valence-corrected chi connectivity index (χ0v) is 32.0. The lowest BCUT2D eigenvalue weighted by atomic mass is 9.82. The number of para-hydroxylation sites is 2. The Kier molecular flexibility index (Phi) is 7.55. The van der Waals surface area contributed by atoms with Gasteiger partial charge in [0.25, 0.3) is 0 Å². The Morgan fingerprint density at radius 3 is 1.61 bits per heavy atom. The topological polar surface area (TPSA) is 8.17 Å². The van der Waals surface area contributed by atoms with E-state index in [0.717, 1.165) is 22.7 Å². The largest absolute Gasteiger partial charge is 0.310 e. The lowest BCUT2D eigenvalue weighted by molar-refractivity contribution is 0.661. The molecule has 0 unspecified atom stereocenters. The molecule has 2 heteroatoms. The summed E-state index contributed by atoms with van der Waals surface area (Å²) in [4.78, 5) is 2.47. The van der Waals surface area contributed by atoms with Crippen LogP contribution >= 0.6 is 0 Å². The fourth-order valence-corrected chi connectivity index (χ4v) is 9.43. The highest BCUT2D eigenvalue weighted by Gasteiger charge is 2.36. The minimum Gasteiger partial charge on any atom is -0.310 e. The predicted octanol–water partition coefficient (Wildman–Crippen LogP) is 15.0. The van der Waals surface area contributed by atoms with Crippen LogP contribution in [-0.2, 0) is 5.41 Å². The summed E-state index contributed by atoms with van der Waals surface area (Å²) < 4.78 is 2.49. The molecular weight excluding hydrogens is 689 g/mol. The van der Waals surface area contributed by atoms with Gasteiger partial charge in [-0.15, -0.1) is 0 Å². The Balaban J connectivity index is 1.26. The van der Waals surface area contributed by atoms with Crippen LogP contribution in [0, 0.1) is 0 Å². The van der Waals surface area contributed by atoms with Crippen molar-refractivity contribution < 1.29 is 0 Å². The van der Waals surface area contributed by atoms with Crippen molar-refractivity contribution >= 4 is 49.6 Å². The van der Waals surface area contributed by atoms with E-state index in [4.69, 9.17) is 0 Å². The average molecular weight is 729 g/mol. The number of fused-ring (bicyclic) bond motifs is 8. The Morgan fingerprint density at radius 2 is 0.947 bits per heavy atom. The maximum absolute atomic E-state index is 2.50. The minimum atomic E-state index is -0.110. The van der Waals surface area contributed by atoms with Crippen LogP contribution < -0.4 is 4.90 Å². The summed E-state index contributed by atoms with van der Waals surface area (Å²) in [6.07, 6.45) is 0. The molecule has 0 fully saturated rings. The van der Waals surface area contributed by atoms with E-state index in [0.29, 0.717) is 0 Å². The number of aromatic nitrogens is 1. The Morgan fingerprint density at radius 1 is 0.386 bits per heavy atom. The normalized spacial score (nSPS) is 12.9. The van der Waals surface area contributed by atoms with E-state index in [9.17, 15) is 0 Å². The van der Waals surface area contributed by atoms with E-state index >= 15 is 0 Å². The minimum absolute atomic E-state index is 0.110. The van der Waals surface area contributed by atoms with Crippen LogP contribution in [0.2, 0.25) is 0 Å². The number of hydrogen-bond acceptors (Lipinski definition) is 1. The van der Waals surface area contributed by atoms with Gasteiger partial charge in [0.1, 0.15) is 0 Å². The van der Waals surface area contributed by atoms with Crippen LogP contribution in [0.1, 0.15) is 25.0 Å². The predicted molar refractivity (Wildman–Crippen MR) is 241 cm³/mol. The van der Waals surface area contributed by atoms with Crippen molar-refractivity contribution in [3.8, 4) is 39.1 Å². The van der Waals surface area contributed by atoms with E-state index in [1.54, 1.807) is 0 Å². The molecule has 1 heterocycles. The Labute approximate surface area is 333 Å². The van der Waals surface area contributed by atoms with Crippen LogP contribution in [0.3, 0.4) is 0 Å². The van der Waals surface area contributed by atoms with Crippen molar-refractivity contribution in [1.29, 1.82) is 0 Å². The quantitative estimate of drug-likeness (QED) is 0.165. The third-order valence-electron chi connectivity index (χ3n) is 12.1. The van der Waals surface area contributed by atoms with Crippen molar-refractivity contribution in [2.75, 3.05) is 4.90 Å². The van der Waals surface area contributed by atoms with Crippen molar-refractivity contribution in [3.05, 3.63) is 217 Å². The molecule has 0 amide bonds. The fourth-order valence-electron chi connectivity index (χ4n) is 9.43.